The highest BCUT2D eigenvalue weighted by atomic mass is 16.5. The van der Waals surface area contributed by atoms with Gasteiger partial charge in [-0.05, 0) is 19.9 Å². The number of aliphatic hydroxyl groups excluding tert-OH is 2. The molecular weight excluding hydrogens is 276 g/mol. The topological polar surface area (TPSA) is 89.1 Å². The molecule has 1 aromatic heterocycles. The van der Waals surface area contributed by atoms with E-state index in [1.54, 1.807) is 26.0 Å². The van der Waals surface area contributed by atoms with Crippen molar-refractivity contribution in [1.82, 2.24) is 0 Å². The van der Waals surface area contributed by atoms with Crippen molar-refractivity contribution in [2.24, 2.45) is 0 Å². The number of rotatable bonds is 1. The fourth-order valence-electron chi connectivity index (χ4n) is 2.61. The van der Waals surface area contributed by atoms with Gasteiger partial charge in [-0.25, -0.2) is 4.79 Å². The minimum Gasteiger partial charge on any atom is -0.496 e. The molecule has 6 nitrogen and oxygen atoms in total. The fourth-order valence-corrected chi connectivity index (χ4v) is 2.61. The number of benzene rings is 1. The number of fused-ring (bicyclic) bond motifs is 3. The fraction of sp³-hybridized carbons (Fsp3) is 0.400. The highest BCUT2D eigenvalue weighted by Crippen LogP contribution is 2.46. The van der Waals surface area contributed by atoms with Crippen LogP contribution in [0.2, 0.25) is 0 Å². The normalized spacial score (nSPS) is 23.5. The summed E-state index contributed by atoms with van der Waals surface area (Å²) in [7, 11) is 1.49. The molecule has 0 saturated heterocycles. The predicted octanol–water partition coefficient (Wildman–Crippen LogP) is 1.37. The van der Waals surface area contributed by atoms with Crippen LogP contribution < -0.4 is 15.1 Å². The monoisotopic (exact) mass is 292 g/mol. The van der Waals surface area contributed by atoms with E-state index in [0.29, 0.717) is 16.9 Å². The first kappa shape index (κ1) is 13.9. The number of hydrogen-bond donors (Lipinski definition) is 2. The molecule has 6 heteroatoms. The summed E-state index contributed by atoms with van der Waals surface area (Å²) in [5, 5.41) is 21.1. The van der Waals surface area contributed by atoms with Crippen molar-refractivity contribution >= 4 is 11.0 Å². The van der Waals surface area contributed by atoms with Gasteiger partial charge in [0.2, 0.25) is 0 Å². The average molecular weight is 292 g/mol. The molecule has 21 heavy (non-hydrogen) atoms. The second kappa shape index (κ2) is 4.47. The third kappa shape index (κ3) is 1.99. The first-order valence-electron chi connectivity index (χ1n) is 6.55. The lowest BCUT2D eigenvalue weighted by Crippen LogP contribution is -2.48. The molecule has 0 radical (unpaired) electrons. The maximum atomic E-state index is 11.5. The Morgan fingerprint density at radius 3 is 2.67 bits per heavy atom. The van der Waals surface area contributed by atoms with Crippen LogP contribution >= 0.6 is 0 Å². The minimum absolute atomic E-state index is 0.166. The SMILES string of the molecule is COc1cc2c(c3oc(=O)ccc13)[C@H](O)[C@H](O)C(C)(C)O2. The summed E-state index contributed by atoms with van der Waals surface area (Å²) in [5.41, 5.74) is -1.10. The van der Waals surface area contributed by atoms with Crippen LogP contribution in [0.3, 0.4) is 0 Å². The molecule has 2 N–H and O–H groups in total. The lowest BCUT2D eigenvalue weighted by Gasteiger charge is -2.40. The Balaban J connectivity index is 2.39. The molecule has 0 fully saturated rings. The van der Waals surface area contributed by atoms with E-state index in [1.165, 1.54) is 13.2 Å². The van der Waals surface area contributed by atoms with Gasteiger partial charge < -0.3 is 24.1 Å². The molecule has 112 valence electrons. The highest BCUT2D eigenvalue weighted by Gasteiger charge is 2.44. The molecule has 0 amide bonds. The summed E-state index contributed by atoms with van der Waals surface area (Å²) < 4.78 is 16.2. The van der Waals surface area contributed by atoms with Crippen LogP contribution in [0.1, 0.15) is 25.5 Å². The van der Waals surface area contributed by atoms with Gasteiger partial charge in [-0.1, -0.05) is 0 Å². The zero-order valence-corrected chi connectivity index (χ0v) is 11.9. The largest absolute Gasteiger partial charge is 0.496 e. The Bertz CT molecular complexity index is 761. The molecule has 2 atom stereocenters. The highest BCUT2D eigenvalue weighted by molar-refractivity contribution is 5.89. The van der Waals surface area contributed by atoms with Gasteiger partial charge in [0.1, 0.15) is 29.3 Å². The Kier molecular flexibility index (Phi) is 2.96. The third-order valence-corrected chi connectivity index (χ3v) is 3.77. The number of ether oxygens (including phenoxy) is 2. The average Bonchev–Trinajstić information content (AvgIpc) is 2.43. The van der Waals surface area contributed by atoms with Crippen LogP contribution in [0.15, 0.2) is 27.4 Å². The van der Waals surface area contributed by atoms with Gasteiger partial charge in [0, 0.05) is 12.1 Å². The summed E-state index contributed by atoms with van der Waals surface area (Å²) in [5.74, 6) is 0.795. The van der Waals surface area contributed by atoms with Crippen LogP contribution in [0.4, 0.5) is 0 Å². The molecule has 2 aromatic rings. The summed E-state index contributed by atoms with van der Waals surface area (Å²) in [6.45, 7) is 3.34. The molecule has 0 unspecified atom stereocenters. The Hall–Kier alpha value is -2.05. The molecule has 0 spiro atoms. The van der Waals surface area contributed by atoms with Gasteiger partial charge >= 0.3 is 5.63 Å². The second-order valence-electron chi connectivity index (χ2n) is 5.58. The van der Waals surface area contributed by atoms with Gasteiger partial charge in [-0.2, -0.15) is 0 Å². The maximum Gasteiger partial charge on any atom is 0.336 e. The van der Waals surface area contributed by atoms with E-state index in [4.69, 9.17) is 13.9 Å². The van der Waals surface area contributed by atoms with E-state index in [-0.39, 0.29) is 11.1 Å². The van der Waals surface area contributed by atoms with Gasteiger partial charge in [0.25, 0.3) is 0 Å². The van der Waals surface area contributed by atoms with Gasteiger partial charge in [-0.3, -0.25) is 0 Å². The molecule has 0 aliphatic carbocycles. The van der Waals surface area contributed by atoms with Gasteiger partial charge in [-0.15, -0.1) is 0 Å². The first-order chi connectivity index (χ1) is 9.85. The van der Waals surface area contributed by atoms with Gasteiger partial charge in [0.15, 0.2) is 5.58 Å². The first-order valence-corrected chi connectivity index (χ1v) is 6.55. The van der Waals surface area contributed by atoms with Crippen molar-refractivity contribution in [2.75, 3.05) is 7.11 Å². The van der Waals surface area contributed by atoms with E-state index in [2.05, 4.69) is 0 Å². The summed E-state index contributed by atoms with van der Waals surface area (Å²) in [6, 6.07) is 4.45. The molecule has 0 saturated carbocycles. The zero-order chi connectivity index (χ0) is 15.4. The summed E-state index contributed by atoms with van der Waals surface area (Å²) in [6.07, 6.45) is -2.37. The molecule has 1 aliphatic heterocycles. The standard InChI is InChI=1S/C15H16O6/c1-15(2)14(18)12(17)11-9(21-15)6-8(19-3)7-4-5-10(16)20-13(7)11/h4-6,12,14,17-18H,1-3H3/t12-,14-/m0/s1. The van der Waals surface area contributed by atoms with E-state index in [1.807, 2.05) is 0 Å². The number of aliphatic hydroxyl groups is 2. The van der Waals surface area contributed by atoms with Gasteiger partial charge in [0.05, 0.1) is 18.1 Å². The molecule has 1 aliphatic rings. The van der Waals surface area contributed by atoms with Crippen LogP contribution in [0.25, 0.3) is 11.0 Å². The van der Waals surface area contributed by atoms with Crippen molar-refractivity contribution in [2.45, 2.75) is 31.7 Å². The van der Waals surface area contributed by atoms with Crippen molar-refractivity contribution in [3.63, 3.8) is 0 Å². The molecule has 0 bridgehead atoms. The zero-order valence-electron chi connectivity index (χ0n) is 11.9. The lowest BCUT2D eigenvalue weighted by molar-refractivity contribution is -0.111. The van der Waals surface area contributed by atoms with E-state index >= 15 is 0 Å². The van der Waals surface area contributed by atoms with Crippen molar-refractivity contribution < 1.29 is 24.1 Å². The van der Waals surface area contributed by atoms with Crippen LogP contribution in [-0.2, 0) is 0 Å². The van der Waals surface area contributed by atoms with Crippen LogP contribution in [0.5, 0.6) is 11.5 Å². The lowest BCUT2D eigenvalue weighted by atomic mass is 9.87. The smallest absolute Gasteiger partial charge is 0.336 e. The van der Waals surface area contributed by atoms with Crippen molar-refractivity contribution in [3.05, 3.63) is 34.2 Å². The predicted molar refractivity (Wildman–Crippen MR) is 74.7 cm³/mol. The third-order valence-electron chi connectivity index (χ3n) is 3.77. The quantitative estimate of drug-likeness (QED) is 0.772. The number of hydrogen-bond acceptors (Lipinski definition) is 6. The second-order valence-corrected chi connectivity index (χ2v) is 5.58. The summed E-state index contributed by atoms with van der Waals surface area (Å²) >= 11 is 0. The van der Waals surface area contributed by atoms with Crippen molar-refractivity contribution in [1.29, 1.82) is 0 Å². The maximum absolute atomic E-state index is 11.5. The molecule has 3 rings (SSSR count). The molecule has 1 aromatic carbocycles. The molecular formula is C15H16O6. The Morgan fingerprint density at radius 1 is 1.29 bits per heavy atom. The van der Waals surface area contributed by atoms with Crippen LogP contribution in [0, 0.1) is 0 Å². The van der Waals surface area contributed by atoms with Crippen LogP contribution in [-0.4, -0.2) is 29.0 Å². The Morgan fingerprint density at radius 2 is 2.00 bits per heavy atom. The van der Waals surface area contributed by atoms with E-state index in [0.717, 1.165) is 0 Å². The minimum atomic E-state index is -1.22. The van der Waals surface area contributed by atoms with E-state index in [9.17, 15) is 15.0 Å². The Labute approximate surface area is 120 Å². The molecule has 2 heterocycles. The van der Waals surface area contributed by atoms with Crippen molar-refractivity contribution in [3.8, 4) is 11.5 Å². The number of methoxy groups -OCH3 is 1. The van der Waals surface area contributed by atoms with E-state index < -0.39 is 23.4 Å². The summed E-state index contributed by atoms with van der Waals surface area (Å²) in [4.78, 5) is 11.5.